The van der Waals surface area contributed by atoms with E-state index in [1.165, 1.54) is 11.8 Å². The predicted octanol–water partition coefficient (Wildman–Crippen LogP) is 6.17. The van der Waals surface area contributed by atoms with Gasteiger partial charge in [0.2, 0.25) is 0 Å². The summed E-state index contributed by atoms with van der Waals surface area (Å²) < 4.78 is 12.6. The summed E-state index contributed by atoms with van der Waals surface area (Å²) in [7, 11) is 0. The second-order valence-corrected chi connectivity index (χ2v) is 8.75. The minimum atomic E-state index is -0.196. The number of ether oxygens (including phenoxy) is 1. The number of hydrogen-bond acceptors (Lipinski definition) is 5. The highest BCUT2D eigenvalue weighted by Crippen LogP contribution is 2.34. The van der Waals surface area contributed by atoms with Gasteiger partial charge in [0.05, 0.1) is 4.91 Å². The van der Waals surface area contributed by atoms with Gasteiger partial charge in [0.25, 0.3) is 5.91 Å². The van der Waals surface area contributed by atoms with E-state index in [2.05, 4.69) is 5.32 Å². The van der Waals surface area contributed by atoms with Gasteiger partial charge in [-0.1, -0.05) is 72.5 Å². The van der Waals surface area contributed by atoms with Crippen LogP contribution in [0, 0.1) is 0 Å². The minimum absolute atomic E-state index is 0.196. The van der Waals surface area contributed by atoms with Crippen molar-refractivity contribution in [1.82, 2.24) is 5.32 Å². The van der Waals surface area contributed by atoms with Gasteiger partial charge in [-0.15, -0.1) is 0 Å². The average Bonchev–Trinajstić information content (AvgIpc) is 3.36. The van der Waals surface area contributed by atoms with Gasteiger partial charge >= 0.3 is 0 Å². The third-order valence-electron chi connectivity index (χ3n) is 4.89. The summed E-state index contributed by atoms with van der Waals surface area (Å²) in [6.07, 6.45) is 1.81. The molecule has 1 amide bonds. The molecule has 0 atom stereocenters. The molecule has 6 heteroatoms. The molecule has 4 nitrogen and oxygen atoms in total. The third-order valence-corrected chi connectivity index (χ3v) is 6.05. The Morgan fingerprint density at radius 2 is 1.81 bits per heavy atom. The Morgan fingerprint density at radius 3 is 2.58 bits per heavy atom. The molecule has 0 spiro atoms. The number of hydrogen-bond donors (Lipinski definition) is 1. The summed E-state index contributed by atoms with van der Waals surface area (Å²) >= 11 is 6.37. The first-order chi connectivity index (χ1) is 15.2. The molecule has 1 aliphatic heterocycles. The van der Waals surface area contributed by atoms with Crippen LogP contribution in [0.15, 0.2) is 88.2 Å². The Balaban J connectivity index is 1.53. The summed E-state index contributed by atoms with van der Waals surface area (Å²) in [5, 5.41) is 3.70. The fourth-order valence-electron chi connectivity index (χ4n) is 3.37. The van der Waals surface area contributed by atoms with Crippen molar-refractivity contribution in [3.05, 3.63) is 94.9 Å². The molecule has 152 valence electrons. The highest BCUT2D eigenvalue weighted by molar-refractivity contribution is 8.26. The maximum Gasteiger partial charge on any atom is 0.263 e. The van der Waals surface area contributed by atoms with Crippen molar-refractivity contribution in [2.45, 2.75) is 6.61 Å². The fourth-order valence-corrected chi connectivity index (χ4v) is 4.40. The Bertz CT molecular complexity index is 1290. The molecule has 1 N–H and O–H groups in total. The van der Waals surface area contributed by atoms with Crippen LogP contribution < -0.4 is 10.1 Å². The number of nitrogens with one attached hydrogen (secondary N) is 1. The van der Waals surface area contributed by atoms with E-state index in [0.717, 1.165) is 33.4 Å². The summed E-state index contributed by atoms with van der Waals surface area (Å²) in [5.41, 5.74) is 3.59. The zero-order valence-corrected chi connectivity index (χ0v) is 18.0. The Morgan fingerprint density at radius 1 is 1.00 bits per heavy atom. The van der Waals surface area contributed by atoms with Crippen molar-refractivity contribution in [3.8, 4) is 17.1 Å². The van der Waals surface area contributed by atoms with Crippen LogP contribution in [0.1, 0.15) is 11.1 Å². The lowest BCUT2D eigenvalue weighted by Crippen LogP contribution is -2.17. The number of para-hydroxylation sites is 1. The highest BCUT2D eigenvalue weighted by Gasteiger charge is 2.23. The Labute approximate surface area is 188 Å². The normalized spacial score (nSPS) is 14.9. The van der Waals surface area contributed by atoms with Gasteiger partial charge in [0.1, 0.15) is 28.0 Å². The number of carbonyl (C=O) groups is 1. The van der Waals surface area contributed by atoms with Gasteiger partial charge in [0.15, 0.2) is 0 Å². The number of thioether (sulfide) groups is 1. The van der Waals surface area contributed by atoms with Crippen LogP contribution in [0.3, 0.4) is 0 Å². The molecule has 0 bridgehead atoms. The topological polar surface area (TPSA) is 51.5 Å². The SMILES string of the molecule is O=C1NC(=S)S/C1=C/c1cc(-c2cc3ccccc3o2)ccc1OCc1ccccc1. The van der Waals surface area contributed by atoms with Crippen LogP contribution in [0.5, 0.6) is 5.75 Å². The van der Waals surface area contributed by atoms with Crippen LogP contribution >= 0.6 is 24.0 Å². The number of furan rings is 1. The molecular formula is C25H17NO3S2. The van der Waals surface area contributed by atoms with Crippen molar-refractivity contribution >= 4 is 51.3 Å². The lowest BCUT2D eigenvalue weighted by molar-refractivity contribution is -0.115. The maximum absolute atomic E-state index is 12.2. The number of benzene rings is 3. The van der Waals surface area contributed by atoms with Crippen LogP contribution in [-0.2, 0) is 11.4 Å². The van der Waals surface area contributed by atoms with Gasteiger partial charge < -0.3 is 14.5 Å². The standard InChI is InChI=1S/C25H17NO3S2/c27-24-23(31-25(30)26-24)14-19-12-18(22-13-17-8-4-5-9-21(17)29-22)10-11-20(19)28-15-16-6-2-1-3-7-16/h1-14H,15H2,(H,26,27,30)/b23-14+. The van der Waals surface area contributed by atoms with Gasteiger partial charge in [-0.25, -0.2) is 0 Å². The predicted molar refractivity (Wildman–Crippen MR) is 129 cm³/mol. The van der Waals surface area contributed by atoms with Crippen molar-refractivity contribution in [2.24, 2.45) is 0 Å². The molecule has 3 aromatic carbocycles. The molecule has 4 aromatic rings. The number of amides is 1. The van der Waals surface area contributed by atoms with E-state index in [1.54, 1.807) is 0 Å². The molecule has 31 heavy (non-hydrogen) atoms. The molecule has 0 radical (unpaired) electrons. The van der Waals surface area contributed by atoms with E-state index < -0.39 is 0 Å². The van der Waals surface area contributed by atoms with E-state index in [0.29, 0.717) is 21.6 Å². The molecule has 1 aliphatic rings. The summed E-state index contributed by atoms with van der Waals surface area (Å²) in [5.74, 6) is 1.25. The minimum Gasteiger partial charge on any atom is -0.488 e. The third kappa shape index (κ3) is 4.26. The Hall–Kier alpha value is -3.35. The second kappa shape index (κ2) is 8.41. The quantitative estimate of drug-likeness (QED) is 0.295. The molecule has 1 saturated heterocycles. The number of rotatable bonds is 5. The fraction of sp³-hybridized carbons (Fsp3) is 0.0400. The molecule has 0 unspecified atom stereocenters. The first kappa shape index (κ1) is 19.6. The van der Waals surface area contributed by atoms with Gasteiger partial charge in [-0.05, 0) is 42.0 Å². The number of fused-ring (bicyclic) bond motifs is 1. The molecule has 1 aromatic heterocycles. The van der Waals surface area contributed by atoms with Gasteiger partial charge in [0, 0.05) is 16.5 Å². The van der Waals surface area contributed by atoms with Gasteiger partial charge in [-0.2, -0.15) is 0 Å². The molecule has 5 rings (SSSR count). The first-order valence-electron chi connectivity index (χ1n) is 9.70. The van der Waals surface area contributed by atoms with Crippen LogP contribution in [0.25, 0.3) is 28.4 Å². The summed E-state index contributed by atoms with van der Waals surface area (Å²) in [6.45, 7) is 0.429. The van der Waals surface area contributed by atoms with Crippen molar-refractivity contribution < 1.29 is 13.9 Å². The lowest BCUT2D eigenvalue weighted by atomic mass is 10.1. The van der Waals surface area contributed by atoms with Crippen molar-refractivity contribution in [1.29, 1.82) is 0 Å². The maximum atomic E-state index is 12.2. The number of carbonyl (C=O) groups excluding carboxylic acids is 1. The van der Waals surface area contributed by atoms with Crippen LogP contribution in [-0.4, -0.2) is 10.2 Å². The monoisotopic (exact) mass is 443 g/mol. The molecule has 0 saturated carbocycles. The number of thiocarbonyl (C=S) groups is 1. The van der Waals surface area contributed by atoms with E-state index in [4.69, 9.17) is 21.4 Å². The summed E-state index contributed by atoms with van der Waals surface area (Å²) in [4.78, 5) is 12.7. The van der Waals surface area contributed by atoms with Gasteiger partial charge in [-0.3, -0.25) is 4.79 Å². The zero-order valence-electron chi connectivity index (χ0n) is 16.3. The van der Waals surface area contributed by atoms with Crippen LogP contribution in [0.2, 0.25) is 0 Å². The van der Waals surface area contributed by atoms with E-state index >= 15 is 0 Å². The Kier molecular flexibility index (Phi) is 5.32. The molecule has 2 heterocycles. The molecule has 1 fully saturated rings. The largest absolute Gasteiger partial charge is 0.488 e. The van der Waals surface area contributed by atoms with E-state index in [1.807, 2.05) is 84.9 Å². The summed E-state index contributed by atoms with van der Waals surface area (Å²) in [6, 6.07) is 25.7. The van der Waals surface area contributed by atoms with Crippen LogP contribution in [0.4, 0.5) is 0 Å². The lowest BCUT2D eigenvalue weighted by Gasteiger charge is -2.11. The van der Waals surface area contributed by atoms with E-state index in [-0.39, 0.29) is 5.91 Å². The van der Waals surface area contributed by atoms with Crippen molar-refractivity contribution in [2.75, 3.05) is 0 Å². The zero-order chi connectivity index (χ0) is 21.2. The smallest absolute Gasteiger partial charge is 0.263 e. The van der Waals surface area contributed by atoms with E-state index in [9.17, 15) is 4.79 Å². The second-order valence-electron chi connectivity index (χ2n) is 7.03. The molecule has 0 aliphatic carbocycles. The first-order valence-corrected chi connectivity index (χ1v) is 10.9. The highest BCUT2D eigenvalue weighted by atomic mass is 32.2. The molecular weight excluding hydrogens is 426 g/mol. The van der Waals surface area contributed by atoms with Crippen molar-refractivity contribution in [3.63, 3.8) is 0 Å². The average molecular weight is 444 g/mol.